The Kier molecular flexibility index (Phi) is 10.1. The molecule has 176 valence electrons. The van der Waals surface area contributed by atoms with Gasteiger partial charge in [-0.3, -0.25) is 4.90 Å². The second-order valence-electron chi connectivity index (χ2n) is 8.11. The van der Waals surface area contributed by atoms with Gasteiger partial charge in [0.25, 0.3) is 0 Å². The Labute approximate surface area is 181 Å². The zero-order valence-corrected chi connectivity index (χ0v) is 18.0. The topological polar surface area (TPSA) is 73.2 Å². The van der Waals surface area contributed by atoms with Crippen LogP contribution in [0.15, 0.2) is 24.3 Å². The first-order valence-electron chi connectivity index (χ1n) is 10.8. The van der Waals surface area contributed by atoms with Crippen LogP contribution in [0.4, 0.5) is 18.0 Å². The Morgan fingerprint density at radius 1 is 1.03 bits per heavy atom. The maximum atomic E-state index is 12.6. The number of ether oxygens (including phenoxy) is 1. The lowest BCUT2D eigenvalue weighted by molar-refractivity contribution is -0.137. The molecule has 1 aromatic rings. The Morgan fingerprint density at radius 3 is 2.13 bits per heavy atom. The van der Waals surface area contributed by atoms with Crippen molar-refractivity contribution in [1.29, 1.82) is 0 Å². The van der Waals surface area contributed by atoms with Crippen LogP contribution in [0.1, 0.15) is 44.1 Å². The second-order valence-corrected chi connectivity index (χ2v) is 8.11. The van der Waals surface area contributed by atoms with Gasteiger partial charge in [-0.25, -0.2) is 4.79 Å². The monoisotopic (exact) mass is 446 g/mol. The molecule has 1 aliphatic carbocycles. The van der Waals surface area contributed by atoms with E-state index >= 15 is 0 Å². The van der Waals surface area contributed by atoms with E-state index in [9.17, 15) is 18.0 Å². The van der Waals surface area contributed by atoms with Crippen LogP contribution in [-0.4, -0.2) is 72.0 Å². The minimum atomic E-state index is -4.42. The van der Waals surface area contributed by atoms with Gasteiger partial charge in [-0.2, -0.15) is 13.2 Å². The number of alkyl halides is 3. The minimum absolute atomic E-state index is 0.0541. The van der Waals surface area contributed by atoms with E-state index in [0.29, 0.717) is 19.0 Å². The van der Waals surface area contributed by atoms with E-state index < -0.39 is 17.8 Å². The fourth-order valence-corrected chi connectivity index (χ4v) is 4.08. The lowest BCUT2D eigenvalue weighted by atomic mass is 9.83. The summed E-state index contributed by atoms with van der Waals surface area (Å²) in [6, 6.07) is 4.16. The van der Waals surface area contributed by atoms with Crippen LogP contribution in [0, 0.1) is 5.92 Å². The number of nitrogens with zero attached hydrogens (tertiary/aromatic N) is 2. The Balaban J connectivity index is 1.73. The largest absolute Gasteiger partial charge is 0.416 e. The number of carbonyl (C=O) groups is 1. The third kappa shape index (κ3) is 8.31. The summed E-state index contributed by atoms with van der Waals surface area (Å²) in [5, 5.41) is 18.1. The summed E-state index contributed by atoms with van der Waals surface area (Å²) in [4.78, 5) is 16.0. The molecule has 9 heteroatoms. The molecule has 1 aromatic carbocycles. The quantitative estimate of drug-likeness (QED) is 0.573. The average Bonchev–Trinajstić information content (AvgIpc) is 2.74. The highest BCUT2D eigenvalue weighted by Gasteiger charge is 2.31. The molecule has 0 unspecified atom stereocenters. The van der Waals surface area contributed by atoms with E-state index in [4.69, 9.17) is 14.9 Å². The lowest BCUT2D eigenvalue weighted by Gasteiger charge is -2.34. The van der Waals surface area contributed by atoms with Gasteiger partial charge in [0.1, 0.15) is 5.75 Å². The molecule has 0 aromatic heterocycles. The van der Waals surface area contributed by atoms with E-state index in [1.807, 2.05) is 0 Å². The van der Waals surface area contributed by atoms with Crippen LogP contribution < -0.4 is 4.74 Å². The van der Waals surface area contributed by atoms with Crippen molar-refractivity contribution in [2.75, 3.05) is 39.9 Å². The summed E-state index contributed by atoms with van der Waals surface area (Å²) < 4.78 is 43.1. The number of hydrogen-bond donors (Lipinski definition) is 2. The summed E-state index contributed by atoms with van der Waals surface area (Å²) in [5.41, 5.74) is -0.783. The highest BCUT2D eigenvalue weighted by molar-refractivity contribution is 5.70. The molecule has 0 bridgehead atoms. The van der Waals surface area contributed by atoms with Crippen LogP contribution in [0.25, 0.3) is 0 Å². The van der Waals surface area contributed by atoms with Crippen LogP contribution in [0.2, 0.25) is 0 Å². The predicted octanol–water partition coefficient (Wildman–Crippen LogP) is 3.76. The smallest absolute Gasteiger partial charge is 0.410 e. The molecule has 0 aliphatic heterocycles. The standard InChI is InChI=1S/C22H33F3N2O4/c1-26(21(30)31-20-10-6-18(7-11-20)22(23,24)25)19-8-4-17(5-9-19)3-2-12-27(13-15-28)14-16-29/h6-7,10-11,17,19,28-29H,2-5,8-9,12-16H2,1H3/t17-,19-. The molecule has 1 saturated carbocycles. The maximum absolute atomic E-state index is 12.6. The number of rotatable bonds is 10. The maximum Gasteiger partial charge on any atom is 0.416 e. The van der Waals surface area contributed by atoms with Crippen molar-refractivity contribution in [2.24, 2.45) is 5.92 Å². The summed E-state index contributed by atoms with van der Waals surface area (Å²) in [5.74, 6) is 0.675. The number of halogens is 3. The third-order valence-corrected chi connectivity index (χ3v) is 5.96. The first-order valence-corrected chi connectivity index (χ1v) is 10.8. The van der Waals surface area contributed by atoms with Crippen molar-refractivity contribution < 1.29 is 32.9 Å². The lowest BCUT2D eigenvalue weighted by Crippen LogP contribution is -2.41. The molecule has 1 amide bonds. The van der Waals surface area contributed by atoms with Crippen LogP contribution in [0.3, 0.4) is 0 Å². The molecule has 31 heavy (non-hydrogen) atoms. The zero-order valence-electron chi connectivity index (χ0n) is 18.0. The first-order chi connectivity index (χ1) is 14.7. The van der Waals surface area contributed by atoms with Crippen LogP contribution in [-0.2, 0) is 6.18 Å². The molecule has 0 atom stereocenters. The SMILES string of the molecule is CN(C(=O)Oc1ccc(C(F)(F)F)cc1)[C@H]1CC[C@H](CCCN(CCO)CCO)CC1. The molecule has 2 N–H and O–H groups in total. The molecule has 0 saturated heterocycles. The van der Waals surface area contributed by atoms with Gasteiger partial charge in [0, 0.05) is 26.2 Å². The van der Waals surface area contributed by atoms with Crippen molar-refractivity contribution in [3.05, 3.63) is 29.8 Å². The van der Waals surface area contributed by atoms with E-state index in [1.165, 1.54) is 4.90 Å². The highest BCUT2D eigenvalue weighted by Crippen LogP contribution is 2.32. The van der Waals surface area contributed by atoms with Crippen molar-refractivity contribution >= 4 is 6.09 Å². The number of benzene rings is 1. The molecular formula is C22H33F3N2O4. The van der Waals surface area contributed by atoms with Gasteiger partial charge in [0.15, 0.2) is 0 Å². The predicted molar refractivity (Wildman–Crippen MR) is 111 cm³/mol. The average molecular weight is 447 g/mol. The molecule has 1 aliphatic rings. The Bertz CT molecular complexity index is 656. The van der Waals surface area contributed by atoms with Crippen molar-refractivity contribution in [1.82, 2.24) is 9.80 Å². The van der Waals surface area contributed by atoms with Gasteiger partial charge in [-0.1, -0.05) is 0 Å². The molecule has 0 radical (unpaired) electrons. The first kappa shape index (κ1) is 25.4. The van der Waals surface area contributed by atoms with Crippen molar-refractivity contribution in [3.63, 3.8) is 0 Å². The van der Waals surface area contributed by atoms with Gasteiger partial charge >= 0.3 is 12.3 Å². The molecule has 6 nitrogen and oxygen atoms in total. The van der Waals surface area contributed by atoms with Crippen molar-refractivity contribution in [2.45, 2.75) is 50.7 Å². The number of amides is 1. The van der Waals surface area contributed by atoms with E-state index in [1.54, 1.807) is 7.05 Å². The Morgan fingerprint density at radius 2 is 1.61 bits per heavy atom. The fraction of sp³-hybridized carbons (Fsp3) is 0.682. The normalized spacial score (nSPS) is 19.5. The number of aliphatic hydroxyl groups is 2. The van der Waals surface area contributed by atoms with Gasteiger partial charge in [0.2, 0.25) is 0 Å². The second kappa shape index (κ2) is 12.3. The van der Waals surface area contributed by atoms with E-state index in [0.717, 1.165) is 69.3 Å². The third-order valence-electron chi connectivity index (χ3n) is 5.96. The van der Waals surface area contributed by atoms with E-state index in [2.05, 4.69) is 4.90 Å². The molecule has 0 spiro atoms. The summed E-state index contributed by atoms with van der Waals surface area (Å²) in [7, 11) is 1.67. The summed E-state index contributed by atoms with van der Waals surface area (Å²) in [6.07, 6.45) is 0.812. The number of aliphatic hydroxyl groups excluding tert-OH is 2. The van der Waals surface area contributed by atoms with Crippen molar-refractivity contribution in [3.8, 4) is 5.75 Å². The van der Waals surface area contributed by atoms with Gasteiger partial charge in [-0.05, 0) is 75.3 Å². The molecular weight excluding hydrogens is 413 g/mol. The number of carbonyl (C=O) groups excluding carboxylic acids is 1. The fourth-order valence-electron chi connectivity index (χ4n) is 4.08. The number of hydrogen-bond acceptors (Lipinski definition) is 5. The molecule has 0 heterocycles. The molecule has 2 rings (SSSR count). The van der Waals surface area contributed by atoms with Crippen LogP contribution >= 0.6 is 0 Å². The van der Waals surface area contributed by atoms with Gasteiger partial charge in [0.05, 0.1) is 18.8 Å². The van der Waals surface area contributed by atoms with Crippen LogP contribution in [0.5, 0.6) is 5.75 Å². The highest BCUT2D eigenvalue weighted by atomic mass is 19.4. The minimum Gasteiger partial charge on any atom is -0.410 e. The van der Waals surface area contributed by atoms with Gasteiger partial charge in [-0.15, -0.1) is 0 Å². The zero-order chi connectivity index (χ0) is 22.9. The van der Waals surface area contributed by atoms with E-state index in [-0.39, 0.29) is 25.0 Å². The Hall–Kier alpha value is -1.84. The van der Waals surface area contributed by atoms with Gasteiger partial charge < -0.3 is 19.8 Å². The summed E-state index contributed by atoms with van der Waals surface area (Å²) in [6.45, 7) is 2.15. The summed E-state index contributed by atoms with van der Waals surface area (Å²) >= 11 is 0. The molecule has 1 fully saturated rings.